The van der Waals surface area contributed by atoms with Crippen molar-refractivity contribution < 1.29 is 36.9 Å². The number of anilines is 1. The molecule has 4 aromatic heterocycles. The number of sulfonamides is 1. The van der Waals surface area contributed by atoms with Gasteiger partial charge >= 0.3 is 6.16 Å². The molecule has 0 saturated heterocycles. The molecule has 6 aromatic rings. The Kier molecular flexibility index (Phi) is 11.3. The maximum Gasteiger partial charge on any atom is 0.513 e. The van der Waals surface area contributed by atoms with Crippen molar-refractivity contribution in [1.82, 2.24) is 40.6 Å². The number of tetrazole rings is 1. The number of aromatic nitrogens is 8. The van der Waals surface area contributed by atoms with Crippen molar-refractivity contribution in [3.63, 3.8) is 0 Å². The number of pyridine rings is 2. The second-order valence-corrected chi connectivity index (χ2v) is 12.9. The monoisotopic (exact) mass is 837 g/mol. The number of alkyl halides is 1. The van der Waals surface area contributed by atoms with Gasteiger partial charge in [-0.1, -0.05) is 52.9 Å². The van der Waals surface area contributed by atoms with E-state index in [2.05, 4.69) is 67.9 Å². The van der Waals surface area contributed by atoms with Gasteiger partial charge in [-0.05, 0) is 65.7 Å². The van der Waals surface area contributed by atoms with Crippen molar-refractivity contribution in [2.24, 2.45) is 0 Å². The first-order valence-corrected chi connectivity index (χ1v) is 18.2. The van der Waals surface area contributed by atoms with Crippen LogP contribution >= 0.6 is 22.6 Å². The third-order valence-electron chi connectivity index (χ3n) is 6.92. The second kappa shape index (κ2) is 16.4. The molecule has 2 N–H and O–H groups in total. The molecule has 0 bridgehead atoms. The zero-order chi connectivity index (χ0) is 36.5. The summed E-state index contributed by atoms with van der Waals surface area (Å²) in [7, 11) is -2.89. The van der Waals surface area contributed by atoms with Gasteiger partial charge in [-0.2, -0.15) is 18.6 Å². The van der Waals surface area contributed by atoms with Crippen molar-refractivity contribution in [2.45, 2.75) is 16.4 Å². The van der Waals surface area contributed by atoms with Crippen LogP contribution in [0.4, 0.5) is 10.6 Å². The molecule has 4 heterocycles. The average Bonchev–Trinajstić information content (AvgIpc) is 3.70. The third kappa shape index (κ3) is 8.84. The molecule has 52 heavy (non-hydrogen) atoms. The number of hydrogen-bond donors (Lipinski definition) is 2. The van der Waals surface area contributed by atoms with Gasteiger partial charge in [0.15, 0.2) is 28.2 Å². The minimum atomic E-state index is -4.34. The molecule has 17 nitrogen and oxygen atoms in total. The maximum absolute atomic E-state index is 13.7. The first-order valence-electron chi connectivity index (χ1n) is 15.2. The number of para-hydroxylation sites is 2. The largest absolute Gasteiger partial charge is 0.513 e. The third-order valence-corrected chi connectivity index (χ3v) is 9.05. The van der Waals surface area contributed by atoms with Gasteiger partial charge in [-0.25, -0.2) is 14.8 Å². The van der Waals surface area contributed by atoms with Gasteiger partial charge in [0.05, 0.1) is 7.11 Å². The summed E-state index contributed by atoms with van der Waals surface area (Å²) in [6, 6.07) is 19.8. The van der Waals surface area contributed by atoms with Crippen LogP contribution in [0.5, 0.6) is 28.9 Å². The Morgan fingerprint density at radius 2 is 1.75 bits per heavy atom. The number of carbonyl (C=O) groups is 1. The molecule has 2 aromatic carbocycles. The SMILES string of the molecule is COc1ccccc1Oc1c(NS(=O)(=O)c2ccc(C)cn2)nc(-c2ccnc(-c3nn[nH]n3)c2)nc1OCCOC(=O)Oc1ccc(CI)cc1. The Bertz CT molecular complexity index is 2260. The molecule has 0 amide bonds. The van der Waals surface area contributed by atoms with Crippen LogP contribution < -0.4 is 23.7 Å². The first-order chi connectivity index (χ1) is 25.2. The Hall–Kier alpha value is -5.96. The minimum Gasteiger partial charge on any atom is -0.493 e. The summed E-state index contributed by atoms with van der Waals surface area (Å²) >= 11 is 2.23. The number of hydrogen-bond acceptors (Lipinski definition) is 15. The van der Waals surface area contributed by atoms with E-state index < -0.39 is 16.2 Å². The van der Waals surface area contributed by atoms with Gasteiger partial charge in [0.25, 0.3) is 15.9 Å². The quantitative estimate of drug-likeness (QED) is 0.0452. The van der Waals surface area contributed by atoms with Gasteiger partial charge in [0.2, 0.25) is 11.6 Å². The number of methoxy groups -OCH3 is 1. The van der Waals surface area contributed by atoms with E-state index in [0.29, 0.717) is 22.8 Å². The Balaban J connectivity index is 1.36. The second-order valence-electron chi connectivity index (χ2n) is 10.6. The number of nitrogens with one attached hydrogen (secondary N) is 2. The molecule has 0 saturated carbocycles. The van der Waals surface area contributed by atoms with Crippen molar-refractivity contribution >= 4 is 44.6 Å². The molecule has 0 radical (unpaired) electrons. The lowest BCUT2D eigenvalue weighted by molar-refractivity contribution is 0.0836. The Morgan fingerprint density at radius 1 is 0.942 bits per heavy atom. The van der Waals surface area contributed by atoms with E-state index >= 15 is 0 Å². The Morgan fingerprint density at radius 3 is 2.46 bits per heavy atom. The lowest BCUT2D eigenvalue weighted by atomic mass is 10.2. The van der Waals surface area contributed by atoms with Crippen LogP contribution in [0.15, 0.2) is 90.2 Å². The van der Waals surface area contributed by atoms with Crippen LogP contribution in [0, 0.1) is 6.92 Å². The fraction of sp³-hybridized carbons (Fsp3) is 0.152. The number of H-pyrrole nitrogens is 1. The van der Waals surface area contributed by atoms with E-state index in [4.69, 9.17) is 23.7 Å². The highest BCUT2D eigenvalue weighted by molar-refractivity contribution is 14.1. The number of benzene rings is 2. The number of aromatic amines is 1. The maximum atomic E-state index is 13.7. The summed E-state index contributed by atoms with van der Waals surface area (Å²) in [5, 5.41) is 13.6. The van der Waals surface area contributed by atoms with Gasteiger partial charge < -0.3 is 23.7 Å². The van der Waals surface area contributed by atoms with Gasteiger partial charge in [-0.3, -0.25) is 9.71 Å². The van der Waals surface area contributed by atoms with E-state index in [1.165, 1.54) is 25.6 Å². The minimum absolute atomic E-state index is 0.000588. The van der Waals surface area contributed by atoms with Crippen molar-refractivity contribution in [1.29, 1.82) is 0 Å². The summed E-state index contributed by atoms with van der Waals surface area (Å²) in [4.78, 5) is 29.9. The molecule has 0 aliphatic rings. The van der Waals surface area contributed by atoms with Crippen LogP contribution in [0.3, 0.4) is 0 Å². The standard InChI is InChI=1S/C33H28IN9O8S/c1-20-7-12-27(36-19-20)52(45,46)41-31-28(51-26-6-4-3-5-25(26)47-2)32(48-15-16-49-33(44)50-23-10-8-21(18-34)9-11-23)38-29(37-31)22-13-14-35-24(17-22)30-39-42-43-40-30/h3-14,17,19H,15-16,18H2,1-2H3,(H,37,38,41)(H,39,40,42,43). The predicted molar refractivity (Wildman–Crippen MR) is 193 cm³/mol. The molecule has 0 spiro atoms. The van der Waals surface area contributed by atoms with Gasteiger partial charge in [0, 0.05) is 22.4 Å². The highest BCUT2D eigenvalue weighted by Crippen LogP contribution is 2.41. The lowest BCUT2D eigenvalue weighted by Crippen LogP contribution is -2.18. The van der Waals surface area contributed by atoms with E-state index in [1.807, 2.05) is 12.1 Å². The van der Waals surface area contributed by atoms with Crippen molar-refractivity contribution in [3.8, 4) is 51.8 Å². The number of rotatable bonds is 14. The zero-order valence-electron chi connectivity index (χ0n) is 27.4. The fourth-order valence-corrected chi connectivity index (χ4v) is 5.87. The van der Waals surface area contributed by atoms with Crippen LogP contribution in [-0.4, -0.2) is 75.5 Å². The lowest BCUT2D eigenvalue weighted by Gasteiger charge is -2.18. The van der Waals surface area contributed by atoms with Crippen LogP contribution in [0.2, 0.25) is 0 Å². The number of nitrogens with zero attached hydrogens (tertiary/aromatic N) is 7. The number of ether oxygens (including phenoxy) is 5. The van der Waals surface area contributed by atoms with Crippen LogP contribution in [-0.2, 0) is 19.2 Å². The Labute approximate surface area is 310 Å². The highest BCUT2D eigenvalue weighted by atomic mass is 127. The van der Waals surface area contributed by atoms with Crippen molar-refractivity contribution in [3.05, 3.63) is 96.3 Å². The van der Waals surface area contributed by atoms with Gasteiger partial charge in [-0.15, -0.1) is 10.2 Å². The summed E-state index contributed by atoms with van der Waals surface area (Å²) in [5.41, 5.74) is 2.54. The van der Waals surface area contributed by atoms with E-state index in [1.54, 1.807) is 61.5 Å². The predicted octanol–water partition coefficient (Wildman–Crippen LogP) is 5.55. The highest BCUT2D eigenvalue weighted by Gasteiger charge is 2.26. The molecule has 0 aliphatic carbocycles. The fourth-order valence-electron chi connectivity index (χ4n) is 4.42. The van der Waals surface area contributed by atoms with Gasteiger partial charge in [0.1, 0.15) is 24.7 Å². The molecule has 0 aliphatic heterocycles. The number of carbonyl (C=O) groups excluding carboxylic acids is 1. The van der Waals surface area contributed by atoms with Crippen LogP contribution in [0.25, 0.3) is 22.9 Å². The normalized spacial score (nSPS) is 11.1. The molecule has 0 atom stereocenters. The van der Waals surface area contributed by atoms with E-state index in [-0.39, 0.29) is 53.1 Å². The number of halogens is 1. The van der Waals surface area contributed by atoms with E-state index in [9.17, 15) is 13.2 Å². The summed E-state index contributed by atoms with van der Waals surface area (Å²) in [6.45, 7) is 1.25. The summed E-state index contributed by atoms with van der Waals surface area (Å²) in [6.07, 6.45) is 1.94. The first kappa shape index (κ1) is 35.9. The van der Waals surface area contributed by atoms with Crippen molar-refractivity contribution in [2.75, 3.05) is 25.0 Å². The molecule has 0 unspecified atom stereocenters. The summed E-state index contributed by atoms with van der Waals surface area (Å²) in [5.74, 6) is 0.278. The molecular formula is C33H28IN9O8S. The summed E-state index contributed by atoms with van der Waals surface area (Å²) < 4.78 is 58.7. The number of aryl methyl sites for hydroxylation is 1. The topological polar surface area (TPSA) is 215 Å². The molecule has 19 heteroatoms. The molecule has 0 fully saturated rings. The molecular weight excluding hydrogens is 809 g/mol. The van der Waals surface area contributed by atoms with Crippen LogP contribution in [0.1, 0.15) is 11.1 Å². The average molecular weight is 838 g/mol. The molecule has 266 valence electrons. The smallest absolute Gasteiger partial charge is 0.493 e. The molecule has 6 rings (SSSR count). The zero-order valence-corrected chi connectivity index (χ0v) is 30.4. The van der Waals surface area contributed by atoms with E-state index in [0.717, 1.165) is 15.6 Å².